The summed E-state index contributed by atoms with van der Waals surface area (Å²) in [6.07, 6.45) is 4.66. The summed E-state index contributed by atoms with van der Waals surface area (Å²) in [6.45, 7) is 0. The van der Waals surface area contributed by atoms with E-state index in [0.717, 1.165) is 53.9 Å². The molecule has 1 saturated carbocycles. The average molecular weight is 420 g/mol. The number of imidazole rings is 1. The normalized spacial score (nSPS) is 19.0. The minimum Gasteiger partial charge on any atom is -0.495 e. The van der Waals surface area contributed by atoms with Crippen molar-refractivity contribution in [1.82, 2.24) is 24.6 Å². The Morgan fingerprint density at radius 2 is 2.03 bits per heavy atom. The fraction of sp³-hybridized carbons (Fsp3) is 0.364. The van der Waals surface area contributed by atoms with Gasteiger partial charge in [-0.2, -0.15) is 5.10 Å². The van der Waals surface area contributed by atoms with Crippen LogP contribution in [0.2, 0.25) is 0 Å². The average Bonchev–Trinajstić information content (AvgIpc) is 3.41. The molecule has 1 fully saturated rings. The van der Waals surface area contributed by atoms with Crippen LogP contribution in [-0.4, -0.2) is 44.8 Å². The van der Waals surface area contributed by atoms with E-state index in [0.29, 0.717) is 17.0 Å². The van der Waals surface area contributed by atoms with Crippen molar-refractivity contribution in [2.45, 2.75) is 31.6 Å². The second-order valence-electron chi connectivity index (χ2n) is 7.90. The number of aromatic amines is 1. The van der Waals surface area contributed by atoms with E-state index in [4.69, 9.17) is 20.2 Å². The summed E-state index contributed by atoms with van der Waals surface area (Å²) < 4.78 is 12.2. The lowest BCUT2D eigenvalue weighted by Gasteiger charge is -2.25. The highest BCUT2D eigenvalue weighted by Gasteiger charge is 2.31. The maximum absolute atomic E-state index is 11.9. The Bertz CT molecular complexity index is 1270. The Labute approximate surface area is 178 Å². The van der Waals surface area contributed by atoms with Crippen molar-refractivity contribution >= 4 is 28.2 Å². The molecule has 0 saturated heterocycles. The van der Waals surface area contributed by atoms with E-state index in [1.54, 1.807) is 11.6 Å². The van der Waals surface area contributed by atoms with Crippen LogP contribution in [0, 0.1) is 5.92 Å². The van der Waals surface area contributed by atoms with Crippen LogP contribution in [0.25, 0.3) is 27.8 Å². The number of H-pyrrole nitrogens is 1. The Balaban J connectivity index is 1.59. The number of anilines is 1. The van der Waals surface area contributed by atoms with Crippen LogP contribution in [-0.2, 0) is 9.53 Å². The number of nitrogen functional groups attached to an aromatic ring is 1. The number of esters is 1. The lowest BCUT2D eigenvalue weighted by molar-refractivity contribution is -0.146. The summed E-state index contributed by atoms with van der Waals surface area (Å²) in [5.74, 6) is 1.97. The van der Waals surface area contributed by atoms with Crippen LogP contribution in [0.15, 0.2) is 30.6 Å². The van der Waals surface area contributed by atoms with Gasteiger partial charge in [0.05, 0.1) is 31.3 Å². The molecule has 31 heavy (non-hydrogen) atoms. The molecule has 3 heterocycles. The zero-order chi connectivity index (χ0) is 21.5. The number of para-hydroxylation sites is 1. The monoisotopic (exact) mass is 420 g/mol. The molecule has 1 aliphatic carbocycles. The van der Waals surface area contributed by atoms with E-state index in [-0.39, 0.29) is 17.8 Å². The summed E-state index contributed by atoms with van der Waals surface area (Å²) in [7, 11) is 3.09. The summed E-state index contributed by atoms with van der Waals surface area (Å²) in [6, 6.07) is 7.92. The van der Waals surface area contributed by atoms with Gasteiger partial charge in [0.25, 0.3) is 0 Å². The number of benzene rings is 1. The zero-order valence-corrected chi connectivity index (χ0v) is 17.5. The minimum absolute atomic E-state index is 0.0483. The Morgan fingerprint density at radius 1 is 1.23 bits per heavy atom. The lowest BCUT2D eigenvalue weighted by Crippen LogP contribution is -2.23. The number of carbonyl (C=O) groups excluding carboxylic acids is 1. The predicted molar refractivity (Wildman–Crippen MR) is 116 cm³/mol. The van der Waals surface area contributed by atoms with Gasteiger partial charge in [0.1, 0.15) is 29.1 Å². The molecule has 5 rings (SSSR count). The van der Waals surface area contributed by atoms with Crippen molar-refractivity contribution in [2.75, 3.05) is 20.0 Å². The standard InChI is InChI=1S/C22H24N6O3/c1-30-16-5-3-4-14-10-15(26-17(14)16)18-19-20(23)24-11-25-28(19)21(27-18)12-6-8-13(9-7-12)22(29)31-2/h3-5,10-13,26H,6-9H2,1-2H3,(H2,23,24,25). The molecule has 9 heteroatoms. The van der Waals surface area contributed by atoms with Gasteiger partial charge in [0, 0.05) is 11.3 Å². The van der Waals surface area contributed by atoms with Crippen molar-refractivity contribution in [3.8, 4) is 17.1 Å². The predicted octanol–water partition coefficient (Wildman–Crippen LogP) is 3.31. The van der Waals surface area contributed by atoms with Crippen molar-refractivity contribution in [3.63, 3.8) is 0 Å². The highest BCUT2D eigenvalue weighted by molar-refractivity contribution is 5.93. The maximum atomic E-state index is 11.9. The molecule has 9 nitrogen and oxygen atoms in total. The molecule has 3 N–H and O–H groups in total. The van der Waals surface area contributed by atoms with Gasteiger partial charge in [-0.3, -0.25) is 4.79 Å². The summed E-state index contributed by atoms with van der Waals surface area (Å²) in [5, 5.41) is 5.47. The summed E-state index contributed by atoms with van der Waals surface area (Å²) in [4.78, 5) is 24.5. The number of nitrogens with one attached hydrogen (secondary N) is 1. The molecule has 0 spiro atoms. The molecule has 0 bridgehead atoms. The first-order chi connectivity index (χ1) is 15.1. The fourth-order valence-corrected chi connectivity index (χ4v) is 4.61. The second-order valence-corrected chi connectivity index (χ2v) is 7.90. The van der Waals surface area contributed by atoms with Gasteiger partial charge >= 0.3 is 5.97 Å². The molecule has 3 aromatic heterocycles. The lowest BCUT2D eigenvalue weighted by atomic mass is 9.81. The molecule has 160 valence electrons. The third kappa shape index (κ3) is 3.17. The van der Waals surface area contributed by atoms with Crippen LogP contribution in [0.4, 0.5) is 5.82 Å². The molecule has 1 aromatic carbocycles. The number of hydrogen-bond acceptors (Lipinski definition) is 7. The highest BCUT2D eigenvalue weighted by Crippen LogP contribution is 2.39. The van der Waals surface area contributed by atoms with Crippen LogP contribution in [0.1, 0.15) is 37.4 Å². The molecule has 0 atom stereocenters. The fourth-order valence-electron chi connectivity index (χ4n) is 4.61. The highest BCUT2D eigenvalue weighted by atomic mass is 16.5. The van der Waals surface area contributed by atoms with Crippen molar-refractivity contribution in [1.29, 1.82) is 0 Å². The summed E-state index contributed by atoms with van der Waals surface area (Å²) in [5.41, 5.74) is 9.37. The Hall–Kier alpha value is -3.62. The maximum Gasteiger partial charge on any atom is 0.308 e. The number of fused-ring (bicyclic) bond motifs is 2. The van der Waals surface area contributed by atoms with Crippen molar-refractivity contribution < 1.29 is 14.3 Å². The largest absolute Gasteiger partial charge is 0.495 e. The number of aromatic nitrogens is 5. The smallest absolute Gasteiger partial charge is 0.308 e. The van der Waals surface area contributed by atoms with Gasteiger partial charge in [0.2, 0.25) is 0 Å². The number of nitrogens with two attached hydrogens (primary N) is 1. The van der Waals surface area contributed by atoms with E-state index >= 15 is 0 Å². The van der Waals surface area contributed by atoms with Crippen LogP contribution >= 0.6 is 0 Å². The number of nitrogens with zero attached hydrogens (tertiary/aromatic N) is 4. The topological polar surface area (TPSA) is 120 Å². The number of ether oxygens (including phenoxy) is 2. The third-order valence-corrected chi connectivity index (χ3v) is 6.21. The number of rotatable bonds is 4. The quantitative estimate of drug-likeness (QED) is 0.486. The van der Waals surface area contributed by atoms with Gasteiger partial charge in [-0.25, -0.2) is 14.5 Å². The first kappa shape index (κ1) is 19.3. The zero-order valence-electron chi connectivity index (χ0n) is 17.5. The molecule has 4 aromatic rings. The van der Waals surface area contributed by atoms with Gasteiger partial charge in [-0.1, -0.05) is 12.1 Å². The molecule has 0 radical (unpaired) electrons. The number of carbonyl (C=O) groups is 1. The Morgan fingerprint density at radius 3 is 2.77 bits per heavy atom. The molecular formula is C22H24N6O3. The van der Waals surface area contributed by atoms with E-state index in [2.05, 4.69) is 15.1 Å². The first-order valence-electron chi connectivity index (χ1n) is 10.3. The number of hydrogen-bond donors (Lipinski definition) is 2. The van der Waals surface area contributed by atoms with Crippen molar-refractivity contribution in [2.24, 2.45) is 5.92 Å². The van der Waals surface area contributed by atoms with E-state index in [1.807, 2.05) is 24.3 Å². The Kier molecular flexibility index (Phi) is 4.72. The molecule has 0 unspecified atom stereocenters. The van der Waals surface area contributed by atoms with Gasteiger partial charge in [-0.15, -0.1) is 0 Å². The van der Waals surface area contributed by atoms with E-state index in [9.17, 15) is 4.79 Å². The SMILES string of the molecule is COC(=O)C1CCC(c2nc(-c3cc4cccc(OC)c4[nH]3)c3c(N)ncnn23)CC1. The van der Waals surface area contributed by atoms with E-state index < -0.39 is 0 Å². The molecule has 0 amide bonds. The van der Waals surface area contributed by atoms with Crippen LogP contribution < -0.4 is 10.5 Å². The van der Waals surface area contributed by atoms with Gasteiger partial charge in [0.15, 0.2) is 5.82 Å². The second kappa shape index (κ2) is 7.57. The third-order valence-electron chi connectivity index (χ3n) is 6.21. The first-order valence-corrected chi connectivity index (χ1v) is 10.3. The van der Waals surface area contributed by atoms with Crippen LogP contribution in [0.5, 0.6) is 5.75 Å². The molecular weight excluding hydrogens is 396 g/mol. The van der Waals surface area contributed by atoms with Crippen molar-refractivity contribution in [3.05, 3.63) is 36.4 Å². The van der Waals surface area contributed by atoms with Gasteiger partial charge < -0.3 is 20.2 Å². The minimum atomic E-state index is -0.134. The van der Waals surface area contributed by atoms with Gasteiger partial charge in [-0.05, 0) is 37.8 Å². The van der Waals surface area contributed by atoms with Crippen LogP contribution in [0.3, 0.4) is 0 Å². The van der Waals surface area contributed by atoms with E-state index in [1.165, 1.54) is 13.4 Å². The molecule has 1 aliphatic rings. The molecule has 0 aliphatic heterocycles. The number of methoxy groups -OCH3 is 2. The summed E-state index contributed by atoms with van der Waals surface area (Å²) >= 11 is 0.